The lowest BCUT2D eigenvalue weighted by molar-refractivity contribution is -0.117. The van der Waals surface area contributed by atoms with E-state index in [1.54, 1.807) is 0 Å². The minimum Gasteiger partial charge on any atom is -0.315 e. The Morgan fingerprint density at radius 1 is 1.07 bits per heavy atom. The largest absolute Gasteiger partial charge is 0.315 e. The van der Waals surface area contributed by atoms with Crippen molar-refractivity contribution < 1.29 is 13.2 Å². The highest BCUT2D eigenvalue weighted by molar-refractivity contribution is 8.16. The molecule has 1 amide bonds. The van der Waals surface area contributed by atoms with E-state index in [-0.39, 0.29) is 28.7 Å². The number of amidine groups is 1. The zero-order chi connectivity index (χ0) is 20.6. The third-order valence-corrected chi connectivity index (χ3v) is 8.65. The summed E-state index contributed by atoms with van der Waals surface area (Å²) in [5.74, 6) is 0.0758. The first-order valence-electron chi connectivity index (χ1n) is 9.72. The van der Waals surface area contributed by atoms with Crippen LogP contribution in [0.5, 0.6) is 0 Å². The van der Waals surface area contributed by atoms with Gasteiger partial charge in [0.05, 0.1) is 17.5 Å². The van der Waals surface area contributed by atoms with Crippen LogP contribution in [0.4, 0.5) is 5.69 Å². The van der Waals surface area contributed by atoms with Crippen LogP contribution in [0.2, 0.25) is 0 Å². The van der Waals surface area contributed by atoms with Crippen molar-refractivity contribution in [2.24, 2.45) is 4.99 Å². The zero-order valence-corrected chi connectivity index (χ0v) is 18.2. The summed E-state index contributed by atoms with van der Waals surface area (Å²) in [5, 5.41) is 0.546. The van der Waals surface area contributed by atoms with Crippen LogP contribution in [-0.2, 0) is 21.1 Å². The highest BCUT2D eigenvalue weighted by Gasteiger charge is 2.49. The van der Waals surface area contributed by atoms with Gasteiger partial charge in [0, 0.05) is 17.4 Å². The Balaban J connectivity index is 1.63. The van der Waals surface area contributed by atoms with Crippen molar-refractivity contribution in [3.63, 3.8) is 0 Å². The van der Waals surface area contributed by atoms with Gasteiger partial charge in [0.1, 0.15) is 0 Å². The average Bonchev–Trinajstić information content (AvgIpc) is 3.13. The van der Waals surface area contributed by atoms with Gasteiger partial charge in [-0.1, -0.05) is 60.3 Å². The van der Waals surface area contributed by atoms with Crippen molar-refractivity contribution >= 4 is 38.4 Å². The molecule has 0 bridgehead atoms. The Morgan fingerprint density at radius 2 is 1.76 bits per heavy atom. The number of thioether (sulfide) groups is 1. The lowest BCUT2D eigenvalue weighted by Gasteiger charge is -2.28. The second kappa shape index (κ2) is 7.95. The van der Waals surface area contributed by atoms with E-state index in [0.29, 0.717) is 18.0 Å². The van der Waals surface area contributed by atoms with Gasteiger partial charge in [-0.3, -0.25) is 4.79 Å². The first kappa shape index (κ1) is 20.2. The van der Waals surface area contributed by atoms with Gasteiger partial charge in [0.2, 0.25) is 5.91 Å². The molecule has 0 N–H and O–H groups in total. The first-order chi connectivity index (χ1) is 13.8. The molecule has 0 spiro atoms. The summed E-state index contributed by atoms with van der Waals surface area (Å²) >= 11 is 1.43. The summed E-state index contributed by atoms with van der Waals surface area (Å²) < 4.78 is 24.5. The molecule has 7 heteroatoms. The Hall–Kier alpha value is -2.12. The van der Waals surface area contributed by atoms with E-state index in [1.165, 1.54) is 11.8 Å². The number of aliphatic imine (C=N–C) groups is 1. The van der Waals surface area contributed by atoms with E-state index in [2.05, 4.69) is 4.99 Å². The molecule has 2 aromatic rings. The predicted molar refractivity (Wildman–Crippen MR) is 119 cm³/mol. The molecule has 0 unspecified atom stereocenters. The molecule has 5 nitrogen and oxygen atoms in total. The second-order valence-corrected chi connectivity index (χ2v) is 11.0. The topological polar surface area (TPSA) is 66.8 Å². The molecule has 2 aromatic carbocycles. The number of fused-ring (bicyclic) bond motifs is 1. The molecular weight excluding hydrogens is 404 g/mol. The molecule has 0 radical (unpaired) electrons. The third kappa shape index (κ3) is 4.26. The van der Waals surface area contributed by atoms with E-state index in [4.69, 9.17) is 0 Å². The Bertz CT molecular complexity index is 1040. The van der Waals surface area contributed by atoms with Crippen molar-refractivity contribution in [2.45, 2.75) is 38.0 Å². The minimum atomic E-state index is -3.07. The number of amides is 1. The van der Waals surface area contributed by atoms with E-state index in [9.17, 15) is 13.2 Å². The maximum atomic E-state index is 12.6. The fourth-order valence-electron chi connectivity index (χ4n) is 4.07. The molecule has 0 aliphatic carbocycles. The maximum absolute atomic E-state index is 12.6. The quantitative estimate of drug-likeness (QED) is 0.745. The van der Waals surface area contributed by atoms with Crippen molar-refractivity contribution in [3.05, 3.63) is 65.2 Å². The van der Waals surface area contributed by atoms with Gasteiger partial charge in [-0.05, 0) is 37.0 Å². The monoisotopic (exact) mass is 428 g/mol. The van der Waals surface area contributed by atoms with Crippen LogP contribution in [0.25, 0.3) is 0 Å². The van der Waals surface area contributed by atoms with Crippen LogP contribution >= 0.6 is 11.8 Å². The molecule has 2 atom stereocenters. The smallest absolute Gasteiger partial charge is 0.248 e. The van der Waals surface area contributed by atoms with Crippen molar-refractivity contribution in [1.29, 1.82) is 0 Å². The average molecular weight is 429 g/mol. The minimum absolute atomic E-state index is 0.0836. The van der Waals surface area contributed by atoms with E-state index in [0.717, 1.165) is 22.4 Å². The number of aryl methyl sites for hydroxylation is 3. The van der Waals surface area contributed by atoms with E-state index < -0.39 is 9.84 Å². The predicted octanol–water partition coefficient (Wildman–Crippen LogP) is 3.54. The number of hydrogen-bond donors (Lipinski definition) is 0. The number of nitrogens with zero attached hydrogens (tertiary/aromatic N) is 2. The van der Waals surface area contributed by atoms with Crippen LogP contribution in [0.1, 0.15) is 23.1 Å². The van der Waals surface area contributed by atoms with E-state index in [1.807, 2.05) is 67.3 Å². The van der Waals surface area contributed by atoms with Crippen LogP contribution in [0.15, 0.2) is 53.5 Å². The molecule has 29 heavy (non-hydrogen) atoms. The van der Waals surface area contributed by atoms with Crippen molar-refractivity contribution in [2.75, 3.05) is 16.4 Å². The number of anilines is 1. The summed E-state index contributed by atoms with van der Waals surface area (Å²) in [4.78, 5) is 19.1. The van der Waals surface area contributed by atoms with Crippen LogP contribution < -0.4 is 4.90 Å². The van der Waals surface area contributed by atoms with Gasteiger partial charge in [-0.15, -0.1) is 0 Å². The molecule has 2 fully saturated rings. The summed E-state index contributed by atoms with van der Waals surface area (Å²) in [5.41, 5.74) is 4.19. The highest BCUT2D eigenvalue weighted by Crippen LogP contribution is 2.43. The van der Waals surface area contributed by atoms with Gasteiger partial charge in [-0.25, -0.2) is 8.42 Å². The Labute approximate surface area is 176 Å². The molecular formula is C22H24N2O3S2. The lowest BCUT2D eigenvalue weighted by Crippen LogP contribution is -2.38. The molecule has 2 aliphatic rings. The molecule has 0 aromatic heterocycles. The van der Waals surface area contributed by atoms with Crippen molar-refractivity contribution in [1.82, 2.24) is 0 Å². The van der Waals surface area contributed by atoms with Gasteiger partial charge >= 0.3 is 0 Å². The van der Waals surface area contributed by atoms with Gasteiger partial charge in [-0.2, -0.15) is 4.99 Å². The molecule has 152 valence electrons. The Morgan fingerprint density at radius 3 is 2.45 bits per heavy atom. The molecule has 2 heterocycles. The molecule has 2 aliphatic heterocycles. The number of para-hydroxylation sites is 1. The summed E-state index contributed by atoms with van der Waals surface area (Å²) in [6, 6.07) is 15.7. The standard InChI is InChI=1S/C22H24N2O3S2/c1-15-7-6-8-16(2)21(15)24-18-13-29(26,27)14-19(18)28-22(24)23-20(25)12-11-17-9-4-3-5-10-17/h3-10,18-19H,11-14H2,1-2H3/t18-,19-/m0/s1. The summed E-state index contributed by atoms with van der Waals surface area (Å²) in [6.07, 6.45) is 0.980. The van der Waals surface area contributed by atoms with Gasteiger partial charge in [0.15, 0.2) is 15.0 Å². The van der Waals surface area contributed by atoms with E-state index >= 15 is 0 Å². The normalized spacial score (nSPS) is 24.1. The van der Waals surface area contributed by atoms with Gasteiger partial charge < -0.3 is 4.90 Å². The molecule has 2 saturated heterocycles. The number of carbonyl (C=O) groups excluding carboxylic acids is 1. The van der Waals surface area contributed by atoms with Crippen LogP contribution in [-0.4, -0.2) is 42.3 Å². The Kier molecular flexibility index (Phi) is 5.53. The van der Waals surface area contributed by atoms with Crippen LogP contribution in [0.3, 0.4) is 0 Å². The molecule has 4 rings (SSSR count). The number of rotatable bonds is 4. The zero-order valence-electron chi connectivity index (χ0n) is 16.5. The summed E-state index contributed by atoms with van der Waals surface area (Å²) in [7, 11) is -3.07. The first-order valence-corrected chi connectivity index (χ1v) is 12.4. The SMILES string of the molecule is Cc1cccc(C)c1N1C(=NC(=O)CCc2ccccc2)S[C@H]2CS(=O)(=O)C[C@@H]21. The fraction of sp³-hybridized carbons (Fsp3) is 0.364. The van der Waals surface area contributed by atoms with Crippen LogP contribution in [0, 0.1) is 13.8 Å². The van der Waals surface area contributed by atoms with Gasteiger partial charge in [0.25, 0.3) is 0 Å². The lowest BCUT2D eigenvalue weighted by atomic mass is 10.1. The number of hydrogen-bond acceptors (Lipinski definition) is 4. The number of sulfone groups is 1. The highest BCUT2D eigenvalue weighted by atomic mass is 32.2. The third-order valence-electron chi connectivity index (χ3n) is 5.44. The van der Waals surface area contributed by atoms with Crippen molar-refractivity contribution in [3.8, 4) is 0 Å². The molecule has 0 saturated carbocycles. The second-order valence-electron chi connectivity index (χ2n) is 7.68. The maximum Gasteiger partial charge on any atom is 0.248 e. The summed E-state index contributed by atoms with van der Waals surface area (Å²) in [6.45, 7) is 4.03. The number of benzene rings is 2. The number of carbonyl (C=O) groups is 1. The fourth-order valence-corrected chi connectivity index (χ4v) is 7.99.